The van der Waals surface area contributed by atoms with Gasteiger partial charge in [0.2, 0.25) is 0 Å². The Balaban J connectivity index is 2.39. The molecule has 0 aliphatic carbocycles. The van der Waals surface area contributed by atoms with E-state index in [1.54, 1.807) is 7.11 Å². The number of aliphatic hydroxyl groups is 1. The Hall–Kier alpha value is -1.65. The van der Waals surface area contributed by atoms with Crippen LogP contribution in [0, 0.1) is 0 Å². The molecule has 2 rings (SSSR count). The molecule has 2 aromatic rings. The number of nitrogens with zero attached hydrogens (tertiary/aromatic N) is 2. The zero-order valence-corrected chi connectivity index (χ0v) is 9.89. The molecular formula is C13H16N2O2. The molecular weight excluding hydrogens is 216 g/mol. The number of hydrogen-bond acceptors (Lipinski definition) is 3. The molecule has 4 nitrogen and oxygen atoms in total. The van der Waals surface area contributed by atoms with Crippen molar-refractivity contribution in [3.63, 3.8) is 0 Å². The van der Waals surface area contributed by atoms with Gasteiger partial charge in [0.05, 0.1) is 24.6 Å². The van der Waals surface area contributed by atoms with E-state index in [0.717, 1.165) is 16.9 Å². The molecule has 17 heavy (non-hydrogen) atoms. The van der Waals surface area contributed by atoms with Crippen molar-refractivity contribution in [2.24, 2.45) is 0 Å². The molecule has 0 radical (unpaired) electrons. The van der Waals surface area contributed by atoms with Crippen molar-refractivity contribution in [3.05, 3.63) is 47.9 Å². The van der Waals surface area contributed by atoms with Crippen molar-refractivity contribution >= 4 is 5.65 Å². The summed E-state index contributed by atoms with van der Waals surface area (Å²) in [5.74, 6) is 0. The number of imidazole rings is 1. The second-order valence-corrected chi connectivity index (χ2v) is 3.95. The Morgan fingerprint density at radius 1 is 1.53 bits per heavy atom. The number of ether oxygens (including phenoxy) is 1. The lowest BCUT2D eigenvalue weighted by molar-refractivity contribution is 0.224. The van der Waals surface area contributed by atoms with Gasteiger partial charge < -0.3 is 14.2 Å². The van der Waals surface area contributed by atoms with Crippen LogP contribution in [0.4, 0.5) is 0 Å². The van der Waals surface area contributed by atoms with Crippen LogP contribution in [-0.2, 0) is 17.8 Å². The second kappa shape index (κ2) is 5.12. The number of aromatic nitrogens is 2. The van der Waals surface area contributed by atoms with E-state index in [1.807, 2.05) is 28.8 Å². The van der Waals surface area contributed by atoms with Crippen LogP contribution in [0.3, 0.4) is 0 Å². The molecule has 2 heterocycles. The molecule has 0 aromatic carbocycles. The zero-order valence-electron chi connectivity index (χ0n) is 9.89. The van der Waals surface area contributed by atoms with E-state index in [4.69, 9.17) is 4.74 Å². The van der Waals surface area contributed by atoms with Gasteiger partial charge in [-0.3, -0.25) is 0 Å². The summed E-state index contributed by atoms with van der Waals surface area (Å²) in [5.41, 5.74) is 3.49. The molecule has 0 bridgehead atoms. The maximum Gasteiger partial charge on any atom is 0.137 e. The van der Waals surface area contributed by atoms with E-state index in [-0.39, 0.29) is 6.61 Å². The van der Waals surface area contributed by atoms with Crippen LogP contribution in [0.15, 0.2) is 36.5 Å². The number of fused-ring (bicyclic) bond motifs is 1. The Morgan fingerprint density at radius 2 is 2.35 bits per heavy atom. The first-order valence-electron chi connectivity index (χ1n) is 5.47. The lowest BCUT2D eigenvalue weighted by atomic mass is 10.1. The van der Waals surface area contributed by atoms with Crippen LogP contribution in [0.1, 0.15) is 11.4 Å². The van der Waals surface area contributed by atoms with Crippen molar-refractivity contribution in [1.82, 2.24) is 9.38 Å². The molecule has 0 saturated heterocycles. The van der Waals surface area contributed by atoms with E-state index in [0.29, 0.717) is 18.7 Å². The third-order valence-corrected chi connectivity index (χ3v) is 2.63. The monoisotopic (exact) mass is 232 g/mol. The predicted octanol–water partition coefficient (Wildman–Crippen LogP) is 1.57. The molecule has 0 unspecified atom stereocenters. The Bertz CT molecular complexity index is 531. The maximum atomic E-state index is 9.33. The van der Waals surface area contributed by atoms with Gasteiger partial charge in [-0.25, -0.2) is 4.98 Å². The highest BCUT2D eigenvalue weighted by Gasteiger charge is 2.11. The van der Waals surface area contributed by atoms with E-state index in [9.17, 15) is 5.11 Å². The van der Waals surface area contributed by atoms with Gasteiger partial charge in [-0.1, -0.05) is 12.6 Å². The minimum Gasteiger partial charge on any atom is -0.390 e. The second-order valence-electron chi connectivity index (χ2n) is 3.95. The lowest BCUT2D eigenvalue weighted by Gasteiger charge is -2.06. The molecule has 90 valence electrons. The summed E-state index contributed by atoms with van der Waals surface area (Å²) in [5, 5.41) is 9.33. The fourth-order valence-electron chi connectivity index (χ4n) is 1.90. The minimum absolute atomic E-state index is 0.0583. The topological polar surface area (TPSA) is 46.8 Å². The number of pyridine rings is 1. The normalized spacial score (nSPS) is 10.9. The summed E-state index contributed by atoms with van der Waals surface area (Å²) >= 11 is 0. The summed E-state index contributed by atoms with van der Waals surface area (Å²) in [6, 6.07) is 5.79. The number of hydrogen-bond donors (Lipinski definition) is 1. The van der Waals surface area contributed by atoms with E-state index in [2.05, 4.69) is 11.6 Å². The fourth-order valence-corrected chi connectivity index (χ4v) is 1.90. The molecule has 0 atom stereocenters. The van der Waals surface area contributed by atoms with Gasteiger partial charge in [0.1, 0.15) is 5.65 Å². The van der Waals surface area contributed by atoms with Gasteiger partial charge in [0.15, 0.2) is 0 Å². The third kappa shape index (κ3) is 2.38. The average molecular weight is 232 g/mol. The van der Waals surface area contributed by atoms with Crippen molar-refractivity contribution in [1.29, 1.82) is 0 Å². The first-order chi connectivity index (χ1) is 8.26. The highest BCUT2D eigenvalue weighted by atomic mass is 16.5. The molecule has 0 aliphatic heterocycles. The maximum absolute atomic E-state index is 9.33. The Morgan fingerprint density at radius 3 is 3.06 bits per heavy atom. The molecule has 4 heteroatoms. The van der Waals surface area contributed by atoms with Crippen LogP contribution >= 0.6 is 0 Å². The van der Waals surface area contributed by atoms with Gasteiger partial charge in [-0.2, -0.15) is 0 Å². The molecule has 2 aromatic heterocycles. The average Bonchev–Trinajstić information content (AvgIpc) is 2.68. The number of aliphatic hydroxyl groups excluding tert-OH is 1. The first kappa shape index (κ1) is 11.8. The summed E-state index contributed by atoms with van der Waals surface area (Å²) < 4.78 is 7.02. The Labute approximate surface area is 100 Å². The molecule has 0 saturated carbocycles. The van der Waals surface area contributed by atoms with Crippen molar-refractivity contribution in [2.45, 2.75) is 13.0 Å². The minimum atomic E-state index is -0.0583. The molecule has 1 N–H and O–H groups in total. The van der Waals surface area contributed by atoms with Crippen LogP contribution in [-0.4, -0.2) is 28.2 Å². The van der Waals surface area contributed by atoms with Gasteiger partial charge in [-0.05, 0) is 17.7 Å². The largest absolute Gasteiger partial charge is 0.390 e. The standard InChI is InChI=1S/C13H16N2O2/c1-10(9-17-2)7-12-11(8-16)14-13-5-3-4-6-15(12)13/h3-6,16H,1,7-9H2,2H3. The van der Waals surface area contributed by atoms with Crippen LogP contribution in [0.5, 0.6) is 0 Å². The number of methoxy groups -OCH3 is 1. The Kier molecular flexibility index (Phi) is 3.56. The number of rotatable bonds is 5. The van der Waals surface area contributed by atoms with Crippen LogP contribution in [0.25, 0.3) is 5.65 Å². The molecule has 0 spiro atoms. The third-order valence-electron chi connectivity index (χ3n) is 2.63. The van der Waals surface area contributed by atoms with Gasteiger partial charge >= 0.3 is 0 Å². The summed E-state index contributed by atoms with van der Waals surface area (Å²) in [4.78, 5) is 4.38. The summed E-state index contributed by atoms with van der Waals surface area (Å²) in [7, 11) is 1.65. The first-order valence-corrected chi connectivity index (χ1v) is 5.47. The molecule has 0 amide bonds. The smallest absolute Gasteiger partial charge is 0.137 e. The summed E-state index contributed by atoms with van der Waals surface area (Å²) in [6.07, 6.45) is 2.60. The van der Waals surface area contributed by atoms with Crippen molar-refractivity contribution in [2.75, 3.05) is 13.7 Å². The quantitative estimate of drug-likeness (QED) is 0.796. The lowest BCUT2D eigenvalue weighted by Crippen LogP contribution is -2.02. The van der Waals surface area contributed by atoms with Crippen molar-refractivity contribution in [3.8, 4) is 0 Å². The van der Waals surface area contributed by atoms with Crippen LogP contribution < -0.4 is 0 Å². The zero-order chi connectivity index (χ0) is 12.3. The predicted molar refractivity (Wildman–Crippen MR) is 65.8 cm³/mol. The molecule has 0 fully saturated rings. The van der Waals surface area contributed by atoms with E-state index in [1.165, 1.54) is 0 Å². The SMILES string of the molecule is C=C(COC)Cc1c(CO)nc2ccccn12. The van der Waals surface area contributed by atoms with Crippen molar-refractivity contribution < 1.29 is 9.84 Å². The van der Waals surface area contributed by atoms with E-state index < -0.39 is 0 Å². The molecule has 0 aliphatic rings. The highest BCUT2D eigenvalue weighted by Crippen LogP contribution is 2.16. The summed E-state index contributed by atoms with van der Waals surface area (Å²) in [6.45, 7) is 4.41. The van der Waals surface area contributed by atoms with Gasteiger partial charge in [0.25, 0.3) is 0 Å². The highest BCUT2D eigenvalue weighted by molar-refractivity contribution is 5.43. The van der Waals surface area contributed by atoms with Gasteiger partial charge in [0, 0.05) is 19.7 Å². The van der Waals surface area contributed by atoms with Gasteiger partial charge in [-0.15, -0.1) is 0 Å². The van der Waals surface area contributed by atoms with E-state index >= 15 is 0 Å². The van der Waals surface area contributed by atoms with Crippen LogP contribution in [0.2, 0.25) is 0 Å². The fraction of sp³-hybridized carbons (Fsp3) is 0.308.